The Bertz CT molecular complexity index is 1110. The number of aryl methyl sites for hydroxylation is 1. The van der Waals surface area contributed by atoms with E-state index in [4.69, 9.17) is 4.74 Å². The van der Waals surface area contributed by atoms with E-state index in [2.05, 4.69) is 69.0 Å². The van der Waals surface area contributed by atoms with Gasteiger partial charge in [-0.05, 0) is 35.7 Å². The van der Waals surface area contributed by atoms with Gasteiger partial charge >= 0.3 is 0 Å². The van der Waals surface area contributed by atoms with Crippen LogP contribution in [0, 0.1) is 6.92 Å². The average Bonchev–Trinajstić information content (AvgIpc) is 2.90. The van der Waals surface area contributed by atoms with E-state index in [0.717, 1.165) is 31.7 Å². The van der Waals surface area contributed by atoms with Gasteiger partial charge in [0.25, 0.3) is 0 Å². The fraction of sp³-hybridized carbons (Fsp3) is 0.310. The van der Waals surface area contributed by atoms with Crippen molar-refractivity contribution in [3.63, 3.8) is 0 Å². The number of anilines is 1. The molecule has 2 N–H and O–H groups in total. The van der Waals surface area contributed by atoms with Crippen LogP contribution in [0.15, 0.2) is 78.9 Å². The van der Waals surface area contributed by atoms with Crippen molar-refractivity contribution in [1.82, 2.24) is 15.1 Å². The van der Waals surface area contributed by atoms with Gasteiger partial charge in [-0.25, -0.2) is 0 Å². The van der Waals surface area contributed by atoms with Gasteiger partial charge in [-0.15, -0.1) is 0 Å². The van der Waals surface area contributed by atoms with Gasteiger partial charge in [0.05, 0.1) is 31.9 Å². The highest BCUT2D eigenvalue weighted by atomic mass is 16.5. The van der Waals surface area contributed by atoms with Gasteiger partial charge in [-0.3, -0.25) is 19.4 Å². The predicted octanol–water partition coefficient (Wildman–Crippen LogP) is 3.47. The van der Waals surface area contributed by atoms with Crippen LogP contribution in [0.3, 0.4) is 0 Å². The number of nitrogens with one attached hydrogen (secondary N) is 2. The van der Waals surface area contributed by atoms with Crippen molar-refractivity contribution in [3.05, 3.63) is 95.6 Å². The lowest BCUT2D eigenvalue weighted by Gasteiger charge is -2.39. The van der Waals surface area contributed by atoms with Gasteiger partial charge in [-0.1, -0.05) is 66.7 Å². The quantitative estimate of drug-likeness (QED) is 0.485. The number of methoxy groups -OCH3 is 1. The standard InChI is InChI=1S/C29H34N4O3/c1-22-13-14-26(36-2)25(19-22)31-27(34)20-30-28(35)21-32-15-17-33(18-16-32)29(23-9-5-3-6-10-23)24-11-7-4-8-12-24/h3-14,19,29H,15-18,20-21H2,1-2H3,(H,30,35)(H,31,34). The van der Waals surface area contributed by atoms with E-state index in [9.17, 15) is 9.59 Å². The topological polar surface area (TPSA) is 73.9 Å². The van der Waals surface area contributed by atoms with Crippen LogP contribution >= 0.6 is 0 Å². The molecule has 0 spiro atoms. The third kappa shape index (κ3) is 6.71. The van der Waals surface area contributed by atoms with E-state index in [-0.39, 0.29) is 30.9 Å². The van der Waals surface area contributed by atoms with Crippen molar-refractivity contribution in [1.29, 1.82) is 0 Å². The van der Waals surface area contributed by atoms with E-state index < -0.39 is 0 Å². The summed E-state index contributed by atoms with van der Waals surface area (Å²) in [5.74, 6) is 0.144. The van der Waals surface area contributed by atoms with E-state index in [1.807, 2.05) is 37.3 Å². The van der Waals surface area contributed by atoms with Gasteiger partial charge in [0, 0.05) is 26.2 Å². The molecule has 7 nitrogen and oxygen atoms in total. The molecule has 1 fully saturated rings. The van der Waals surface area contributed by atoms with Crippen LogP contribution in [-0.2, 0) is 9.59 Å². The van der Waals surface area contributed by atoms with Crippen molar-refractivity contribution < 1.29 is 14.3 Å². The zero-order valence-corrected chi connectivity index (χ0v) is 20.9. The van der Waals surface area contributed by atoms with Crippen molar-refractivity contribution in [2.75, 3.05) is 51.7 Å². The molecule has 36 heavy (non-hydrogen) atoms. The highest BCUT2D eigenvalue weighted by Gasteiger charge is 2.27. The number of piperazine rings is 1. The SMILES string of the molecule is COc1ccc(C)cc1NC(=O)CNC(=O)CN1CCN(C(c2ccccc2)c2ccccc2)CC1. The van der Waals surface area contributed by atoms with Crippen LogP contribution in [0.5, 0.6) is 5.75 Å². The minimum Gasteiger partial charge on any atom is -0.495 e. The molecule has 1 heterocycles. The molecule has 0 radical (unpaired) electrons. The van der Waals surface area contributed by atoms with E-state index in [1.165, 1.54) is 11.1 Å². The summed E-state index contributed by atoms with van der Waals surface area (Å²) in [7, 11) is 1.56. The Morgan fingerprint density at radius 2 is 1.47 bits per heavy atom. The van der Waals surface area contributed by atoms with Gasteiger partial charge < -0.3 is 15.4 Å². The second kappa shape index (κ2) is 12.3. The first-order valence-electron chi connectivity index (χ1n) is 12.3. The number of carbonyl (C=O) groups excluding carboxylic acids is 2. The summed E-state index contributed by atoms with van der Waals surface area (Å²) in [5.41, 5.74) is 4.15. The Morgan fingerprint density at radius 1 is 0.861 bits per heavy atom. The maximum atomic E-state index is 12.5. The summed E-state index contributed by atoms with van der Waals surface area (Å²) in [6, 6.07) is 26.9. The van der Waals surface area contributed by atoms with Crippen LogP contribution in [0.1, 0.15) is 22.7 Å². The van der Waals surface area contributed by atoms with E-state index >= 15 is 0 Å². The van der Waals surface area contributed by atoms with Gasteiger partial charge in [0.15, 0.2) is 0 Å². The highest BCUT2D eigenvalue weighted by Crippen LogP contribution is 2.29. The smallest absolute Gasteiger partial charge is 0.243 e. The highest BCUT2D eigenvalue weighted by molar-refractivity contribution is 5.96. The summed E-state index contributed by atoms with van der Waals surface area (Å²) < 4.78 is 5.30. The lowest BCUT2D eigenvalue weighted by atomic mass is 9.96. The minimum atomic E-state index is -0.286. The number of rotatable bonds is 9. The van der Waals surface area contributed by atoms with Gasteiger partial charge in [0.1, 0.15) is 5.75 Å². The summed E-state index contributed by atoms with van der Waals surface area (Å²) in [4.78, 5) is 29.5. The normalized spacial score (nSPS) is 14.4. The molecule has 4 rings (SSSR count). The number of hydrogen-bond acceptors (Lipinski definition) is 5. The maximum Gasteiger partial charge on any atom is 0.243 e. The van der Waals surface area contributed by atoms with Crippen LogP contribution in [0.25, 0.3) is 0 Å². The lowest BCUT2D eigenvalue weighted by molar-refractivity contribution is -0.125. The summed E-state index contributed by atoms with van der Waals surface area (Å²) >= 11 is 0. The summed E-state index contributed by atoms with van der Waals surface area (Å²) in [6.07, 6.45) is 0. The molecule has 2 amide bonds. The molecule has 188 valence electrons. The predicted molar refractivity (Wildman–Crippen MR) is 142 cm³/mol. The van der Waals surface area contributed by atoms with E-state index in [1.54, 1.807) is 7.11 Å². The first-order valence-corrected chi connectivity index (χ1v) is 12.3. The third-order valence-corrected chi connectivity index (χ3v) is 6.45. The molecule has 0 unspecified atom stereocenters. The molecule has 0 atom stereocenters. The molecule has 1 aliphatic rings. The maximum absolute atomic E-state index is 12.5. The largest absolute Gasteiger partial charge is 0.495 e. The minimum absolute atomic E-state index is 0.0834. The second-order valence-corrected chi connectivity index (χ2v) is 9.06. The number of carbonyl (C=O) groups is 2. The first kappa shape index (κ1) is 25.4. The summed E-state index contributed by atoms with van der Waals surface area (Å²) in [6.45, 7) is 5.42. The van der Waals surface area contributed by atoms with E-state index in [0.29, 0.717) is 11.4 Å². The average molecular weight is 487 g/mol. The molecular formula is C29H34N4O3. The number of nitrogens with zero attached hydrogens (tertiary/aromatic N) is 2. The van der Waals surface area contributed by atoms with Crippen LogP contribution < -0.4 is 15.4 Å². The van der Waals surface area contributed by atoms with Crippen LogP contribution in [0.2, 0.25) is 0 Å². The molecule has 1 saturated heterocycles. The Labute approximate surface area is 213 Å². The molecule has 0 saturated carbocycles. The molecule has 7 heteroatoms. The fourth-order valence-corrected chi connectivity index (χ4v) is 4.62. The molecular weight excluding hydrogens is 452 g/mol. The molecule has 0 aromatic heterocycles. The second-order valence-electron chi connectivity index (χ2n) is 9.06. The van der Waals surface area contributed by atoms with Gasteiger partial charge in [0.2, 0.25) is 11.8 Å². The number of amides is 2. The molecule has 0 bridgehead atoms. The summed E-state index contributed by atoms with van der Waals surface area (Å²) in [5, 5.41) is 5.55. The van der Waals surface area contributed by atoms with Crippen molar-refractivity contribution >= 4 is 17.5 Å². The first-order chi connectivity index (χ1) is 17.5. The van der Waals surface area contributed by atoms with Crippen molar-refractivity contribution in [2.24, 2.45) is 0 Å². The van der Waals surface area contributed by atoms with Crippen molar-refractivity contribution in [3.8, 4) is 5.75 Å². The molecule has 3 aromatic rings. The molecule has 0 aliphatic carbocycles. The Hall–Kier alpha value is -3.68. The number of ether oxygens (including phenoxy) is 1. The van der Waals surface area contributed by atoms with Crippen LogP contribution in [0.4, 0.5) is 5.69 Å². The Morgan fingerprint density at radius 3 is 2.06 bits per heavy atom. The van der Waals surface area contributed by atoms with Crippen LogP contribution in [-0.4, -0.2) is 68.0 Å². The Balaban J connectivity index is 1.27. The number of benzene rings is 3. The number of hydrogen-bond donors (Lipinski definition) is 2. The molecule has 3 aromatic carbocycles. The third-order valence-electron chi connectivity index (χ3n) is 6.45. The van der Waals surface area contributed by atoms with Gasteiger partial charge in [-0.2, -0.15) is 0 Å². The van der Waals surface area contributed by atoms with Crippen molar-refractivity contribution in [2.45, 2.75) is 13.0 Å². The zero-order chi connectivity index (χ0) is 25.3. The monoisotopic (exact) mass is 486 g/mol. The lowest BCUT2D eigenvalue weighted by Crippen LogP contribution is -2.50. The molecule has 1 aliphatic heterocycles. The fourth-order valence-electron chi connectivity index (χ4n) is 4.62. The Kier molecular flexibility index (Phi) is 8.71. The zero-order valence-electron chi connectivity index (χ0n) is 20.9.